The largest absolute Gasteiger partial charge is 0.467 e. The van der Waals surface area contributed by atoms with E-state index in [0.29, 0.717) is 30.8 Å². The zero-order valence-corrected chi connectivity index (χ0v) is 19.1. The summed E-state index contributed by atoms with van der Waals surface area (Å²) in [5.74, 6) is 0.950. The number of furan rings is 1. The average Bonchev–Trinajstić information content (AvgIpc) is 3.43. The summed E-state index contributed by atoms with van der Waals surface area (Å²) in [4.78, 5) is 19.1. The minimum atomic E-state index is -0.278. The van der Waals surface area contributed by atoms with Crippen molar-refractivity contribution in [3.8, 4) is 0 Å². The molecule has 0 aliphatic rings. The fraction of sp³-hybridized carbons (Fsp3) is 0.440. The Balaban J connectivity index is 1.64. The van der Waals surface area contributed by atoms with Crippen molar-refractivity contribution >= 4 is 5.91 Å². The second kappa shape index (κ2) is 9.96. The molecule has 1 unspecified atom stereocenters. The van der Waals surface area contributed by atoms with Crippen molar-refractivity contribution < 1.29 is 13.6 Å². The highest BCUT2D eigenvalue weighted by Crippen LogP contribution is 2.23. The molecule has 0 radical (unpaired) electrons. The molecular formula is C25H33N3O3. The summed E-state index contributed by atoms with van der Waals surface area (Å²) >= 11 is 0. The van der Waals surface area contributed by atoms with Crippen LogP contribution in [0.3, 0.4) is 0 Å². The summed E-state index contributed by atoms with van der Waals surface area (Å²) in [5.41, 5.74) is 2.99. The van der Waals surface area contributed by atoms with Crippen LogP contribution in [0, 0.1) is 0 Å². The van der Waals surface area contributed by atoms with E-state index in [4.69, 9.17) is 8.83 Å². The molecule has 1 atom stereocenters. The third-order valence-corrected chi connectivity index (χ3v) is 5.55. The van der Waals surface area contributed by atoms with Gasteiger partial charge < -0.3 is 14.2 Å². The molecule has 1 amide bonds. The third kappa shape index (κ3) is 6.31. The molecule has 0 spiro atoms. The molecule has 2 aromatic heterocycles. The monoisotopic (exact) mass is 423 g/mol. The van der Waals surface area contributed by atoms with Crippen molar-refractivity contribution in [2.24, 2.45) is 0 Å². The number of rotatable bonds is 9. The number of carbonyl (C=O) groups excluding carboxylic acids is 1. The van der Waals surface area contributed by atoms with Crippen molar-refractivity contribution in [3.05, 3.63) is 77.4 Å². The van der Waals surface area contributed by atoms with Crippen LogP contribution in [-0.2, 0) is 25.0 Å². The van der Waals surface area contributed by atoms with Gasteiger partial charge in [-0.3, -0.25) is 9.69 Å². The molecule has 2 heterocycles. The van der Waals surface area contributed by atoms with Crippen molar-refractivity contribution in [1.82, 2.24) is 15.2 Å². The van der Waals surface area contributed by atoms with Crippen LogP contribution in [0.5, 0.6) is 0 Å². The van der Waals surface area contributed by atoms with Gasteiger partial charge in [0.2, 0.25) is 5.89 Å². The van der Waals surface area contributed by atoms with Gasteiger partial charge >= 0.3 is 0 Å². The van der Waals surface area contributed by atoms with Gasteiger partial charge in [-0.05, 0) is 42.0 Å². The van der Waals surface area contributed by atoms with E-state index in [9.17, 15) is 4.79 Å². The number of hydrogen-bond donors (Lipinski definition) is 1. The van der Waals surface area contributed by atoms with E-state index in [-0.39, 0.29) is 17.0 Å². The second-order valence-electron chi connectivity index (χ2n) is 9.00. The Bertz CT molecular complexity index is 953. The minimum absolute atomic E-state index is 0.140. The van der Waals surface area contributed by atoms with E-state index in [1.807, 2.05) is 6.07 Å². The first-order chi connectivity index (χ1) is 14.8. The molecule has 166 valence electrons. The highest BCUT2D eigenvalue weighted by molar-refractivity contribution is 5.91. The molecule has 31 heavy (non-hydrogen) atoms. The highest BCUT2D eigenvalue weighted by atomic mass is 16.3. The summed E-state index contributed by atoms with van der Waals surface area (Å²) < 4.78 is 10.8. The van der Waals surface area contributed by atoms with E-state index < -0.39 is 0 Å². The Morgan fingerprint density at radius 1 is 1.13 bits per heavy atom. The number of nitrogens with one attached hydrogen (secondary N) is 1. The van der Waals surface area contributed by atoms with Crippen LogP contribution in [0.25, 0.3) is 0 Å². The first kappa shape index (κ1) is 22.8. The molecule has 0 aliphatic carbocycles. The Kier molecular flexibility index (Phi) is 7.33. The number of benzene rings is 1. The van der Waals surface area contributed by atoms with Crippen LogP contribution in [0.4, 0.5) is 0 Å². The Morgan fingerprint density at radius 2 is 1.87 bits per heavy atom. The van der Waals surface area contributed by atoms with Crippen LogP contribution in [0.15, 0.2) is 57.8 Å². The molecular weight excluding hydrogens is 390 g/mol. The summed E-state index contributed by atoms with van der Waals surface area (Å²) in [6, 6.07) is 12.7. The van der Waals surface area contributed by atoms with E-state index in [0.717, 1.165) is 13.0 Å². The van der Waals surface area contributed by atoms with Gasteiger partial charge in [0, 0.05) is 12.6 Å². The molecule has 0 fully saturated rings. The van der Waals surface area contributed by atoms with Gasteiger partial charge in [-0.15, -0.1) is 0 Å². The number of amides is 1. The van der Waals surface area contributed by atoms with Gasteiger partial charge in [-0.25, -0.2) is 4.98 Å². The molecule has 0 saturated carbocycles. The van der Waals surface area contributed by atoms with Crippen molar-refractivity contribution in [3.63, 3.8) is 0 Å². The van der Waals surface area contributed by atoms with Gasteiger partial charge in [-0.1, -0.05) is 52.0 Å². The molecule has 6 heteroatoms. The number of hydrogen-bond acceptors (Lipinski definition) is 5. The zero-order valence-electron chi connectivity index (χ0n) is 19.1. The van der Waals surface area contributed by atoms with Gasteiger partial charge in [0.05, 0.1) is 19.4 Å². The standard InChI is InChI=1S/C25H33N3O3/c1-6-18(2)28(15-19-9-11-20(12-10-19)25(3,4)5)16-23-27-22(17-31-23)24(29)26-14-21-8-7-13-30-21/h7-13,17-18H,6,14-16H2,1-5H3,(H,26,29). The quantitative estimate of drug-likeness (QED) is 0.506. The lowest BCUT2D eigenvalue weighted by molar-refractivity contribution is 0.0943. The Labute approximate surface area is 184 Å². The fourth-order valence-corrected chi connectivity index (χ4v) is 3.30. The first-order valence-electron chi connectivity index (χ1n) is 10.8. The van der Waals surface area contributed by atoms with Crippen molar-refractivity contribution in [2.45, 2.75) is 72.1 Å². The lowest BCUT2D eigenvalue weighted by Gasteiger charge is -2.27. The molecule has 0 saturated heterocycles. The third-order valence-electron chi connectivity index (χ3n) is 5.55. The lowest BCUT2D eigenvalue weighted by Crippen LogP contribution is -2.32. The summed E-state index contributed by atoms with van der Waals surface area (Å²) in [7, 11) is 0. The normalized spacial score (nSPS) is 12.8. The maximum absolute atomic E-state index is 12.3. The Morgan fingerprint density at radius 3 is 2.48 bits per heavy atom. The van der Waals surface area contributed by atoms with Gasteiger partial charge in [0.25, 0.3) is 5.91 Å². The number of oxazole rings is 1. The maximum atomic E-state index is 12.3. The summed E-state index contributed by atoms with van der Waals surface area (Å²) in [6.07, 6.45) is 4.01. The van der Waals surface area contributed by atoms with E-state index in [2.05, 4.69) is 74.1 Å². The zero-order chi connectivity index (χ0) is 22.4. The predicted molar refractivity (Wildman–Crippen MR) is 121 cm³/mol. The molecule has 1 aromatic carbocycles. The molecule has 3 rings (SSSR count). The van der Waals surface area contributed by atoms with Crippen LogP contribution in [-0.4, -0.2) is 21.8 Å². The molecule has 3 aromatic rings. The Hall–Kier alpha value is -2.86. The van der Waals surface area contributed by atoms with Gasteiger partial charge in [0.1, 0.15) is 12.0 Å². The van der Waals surface area contributed by atoms with Crippen LogP contribution in [0.1, 0.15) is 74.3 Å². The number of nitrogens with zero attached hydrogens (tertiary/aromatic N) is 2. The fourth-order valence-electron chi connectivity index (χ4n) is 3.30. The molecule has 0 bridgehead atoms. The average molecular weight is 424 g/mol. The van der Waals surface area contributed by atoms with Crippen LogP contribution >= 0.6 is 0 Å². The second-order valence-corrected chi connectivity index (χ2v) is 9.00. The topological polar surface area (TPSA) is 71.5 Å². The van der Waals surface area contributed by atoms with Crippen molar-refractivity contribution in [2.75, 3.05) is 0 Å². The smallest absolute Gasteiger partial charge is 0.273 e. The number of carbonyl (C=O) groups is 1. The first-order valence-corrected chi connectivity index (χ1v) is 10.8. The summed E-state index contributed by atoms with van der Waals surface area (Å²) in [6.45, 7) is 12.7. The summed E-state index contributed by atoms with van der Waals surface area (Å²) in [5, 5.41) is 2.79. The molecule has 6 nitrogen and oxygen atoms in total. The minimum Gasteiger partial charge on any atom is -0.467 e. The van der Waals surface area contributed by atoms with Gasteiger partial charge in [-0.2, -0.15) is 0 Å². The van der Waals surface area contributed by atoms with E-state index >= 15 is 0 Å². The van der Waals surface area contributed by atoms with E-state index in [1.165, 1.54) is 17.4 Å². The molecule has 0 aliphatic heterocycles. The van der Waals surface area contributed by atoms with Crippen LogP contribution < -0.4 is 5.32 Å². The molecule has 1 N–H and O–H groups in total. The lowest BCUT2D eigenvalue weighted by atomic mass is 9.87. The number of aromatic nitrogens is 1. The SMILES string of the molecule is CCC(C)N(Cc1ccc(C(C)(C)C)cc1)Cc1nc(C(=O)NCc2ccco2)co1. The maximum Gasteiger partial charge on any atom is 0.273 e. The van der Waals surface area contributed by atoms with E-state index in [1.54, 1.807) is 12.3 Å². The highest BCUT2D eigenvalue weighted by Gasteiger charge is 2.19. The van der Waals surface area contributed by atoms with Gasteiger partial charge in [0.15, 0.2) is 5.69 Å². The van der Waals surface area contributed by atoms with Crippen molar-refractivity contribution in [1.29, 1.82) is 0 Å². The van der Waals surface area contributed by atoms with Crippen LogP contribution in [0.2, 0.25) is 0 Å². The predicted octanol–water partition coefficient (Wildman–Crippen LogP) is 5.30.